The van der Waals surface area contributed by atoms with E-state index in [0.717, 1.165) is 30.5 Å². The molecule has 0 radical (unpaired) electrons. The van der Waals surface area contributed by atoms with Crippen LogP contribution >= 0.6 is 0 Å². The molecular weight excluding hydrogens is 719 g/mol. The molecule has 2 heterocycles. The largest absolute Gasteiger partial charge is 0.433 e. The van der Waals surface area contributed by atoms with Crippen molar-refractivity contribution in [3.8, 4) is 23.0 Å². The summed E-state index contributed by atoms with van der Waals surface area (Å²) in [6.45, 7) is 1.95. The van der Waals surface area contributed by atoms with E-state index in [4.69, 9.17) is 5.41 Å². The highest BCUT2D eigenvalue weighted by Crippen LogP contribution is 2.58. The summed E-state index contributed by atoms with van der Waals surface area (Å²) in [7, 11) is 0. The Balaban J connectivity index is 1.28. The van der Waals surface area contributed by atoms with E-state index in [1.165, 1.54) is 19.9 Å². The second-order valence-corrected chi connectivity index (χ2v) is 14.8. The third kappa shape index (κ3) is 6.95. The first-order valence-corrected chi connectivity index (χ1v) is 17.3. The number of alkyl halides is 5. The van der Waals surface area contributed by atoms with Crippen molar-refractivity contribution >= 4 is 17.5 Å². The van der Waals surface area contributed by atoms with Gasteiger partial charge < -0.3 is 21.1 Å². The number of rotatable bonds is 9. The lowest BCUT2D eigenvalue weighted by molar-refractivity contribution is -0.121. The van der Waals surface area contributed by atoms with E-state index in [0.29, 0.717) is 22.8 Å². The van der Waals surface area contributed by atoms with Gasteiger partial charge in [0.1, 0.15) is 28.6 Å². The Kier molecular flexibility index (Phi) is 8.91. The van der Waals surface area contributed by atoms with Crippen molar-refractivity contribution in [3.63, 3.8) is 0 Å². The van der Waals surface area contributed by atoms with Gasteiger partial charge in [0.2, 0.25) is 5.91 Å². The van der Waals surface area contributed by atoms with Crippen LogP contribution in [0.3, 0.4) is 0 Å². The average molecular weight is 754 g/mol. The lowest BCUT2D eigenvalue weighted by Gasteiger charge is -2.35. The van der Waals surface area contributed by atoms with Crippen molar-refractivity contribution in [2.75, 3.05) is 6.54 Å². The zero-order chi connectivity index (χ0) is 39.0. The Morgan fingerprint density at radius 1 is 1.06 bits per heavy atom. The number of pyridine rings is 1. The second-order valence-electron chi connectivity index (χ2n) is 14.8. The van der Waals surface area contributed by atoms with Crippen LogP contribution < -0.4 is 16.0 Å². The maximum absolute atomic E-state index is 15.4. The van der Waals surface area contributed by atoms with Gasteiger partial charge in [0, 0.05) is 28.7 Å². The number of allylic oxidation sites excluding steroid dienone is 2. The van der Waals surface area contributed by atoms with Crippen LogP contribution in [0.4, 0.5) is 30.7 Å². The maximum atomic E-state index is 15.4. The van der Waals surface area contributed by atoms with Gasteiger partial charge in [0.15, 0.2) is 0 Å². The molecular formula is C39H34F7N5O3. The monoisotopic (exact) mass is 753 g/mol. The van der Waals surface area contributed by atoms with Crippen molar-refractivity contribution in [3.05, 3.63) is 99.5 Å². The van der Waals surface area contributed by atoms with Gasteiger partial charge in [0.25, 0.3) is 11.8 Å². The summed E-state index contributed by atoms with van der Waals surface area (Å²) >= 11 is 0. The lowest BCUT2D eigenvalue weighted by atomic mass is 9.71. The van der Waals surface area contributed by atoms with Crippen molar-refractivity contribution in [1.82, 2.24) is 20.9 Å². The molecule has 2 saturated carbocycles. The number of carbonyl (C=O) groups is 2. The molecule has 4 aliphatic rings. The molecule has 7 rings (SSSR count). The van der Waals surface area contributed by atoms with Crippen molar-refractivity contribution in [2.24, 2.45) is 11.8 Å². The molecule has 3 atom stereocenters. The molecule has 8 nitrogen and oxygen atoms in total. The number of aliphatic hydroxyl groups is 1. The predicted molar refractivity (Wildman–Crippen MR) is 182 cm³/mol. The fourth-order valence-corrected chi connectivity index (χ4v) is 7.56. The van der Waals surface area contributed by atoms with Crippen LogP contribution in [0, 0.1) is 40.7 Å². The Labute approximate surface area is 305 Å². The molecule has 1 spiro atoms. The van der Waals surface area contributed by atoms with E-state index < -0.39 is 82.2 Å². The fraction of sp³-hybridized carbons (Fsp3) is 0.385. The van der Waals surface area contributed by atoms with E-state index >= 15 is 8.78 Å². The van der Waals surface area contributed by atoms with Crippen LogP contribution in [0.5, 0.6) is 0 Å². The van der Waals surface area contributed by atoms with Gasteiger partial charge >= 0.3 is 6.18 Å². The van der Waals surface area contributed by atoms with Crippen LogP contribution in [0.2, 0.25) is 0 Å². The number of carbonyl (C=O) groups excluding carboxylic acids is 2. The van der Waals surface area contributed by atoms with Crippen molar-refractivity contribution < 1.29 is 45.4 Å². The molecule has 3 aliphatic carbocycles. The molecule has 1 aliphatic heterocycles. The van der Waals surface area contributed by atoms with E-state index in [1.54, 1.807) is 24.3 Å². The van der Waals surface area contributed by atoms with Crippen molar-refractivity contribution in [2.45, 2.75) is 75.2 Å². The zero-order valence-electron chi connectivity index (χ0n) is 29.0. The fourth-order valence-electron chi connectivity index (χ4n) is 7.56. The summed E-state index contributed by atoms with van der Waals surface area (Å²) in [5, 5.41) is 25.8. The first-order valence-electron chi connectivity index (χ1n) is 17.3. The van der Waals surface area contributed by atoms with E-state index in [9.17, 15) is 36.6 Å². The summed E-state index contributed by atoms with van der Waals surface area (Å²) in [4.78, 5) is 31.3. The molecule has 2 fully saturated rings. The van der Waals surface area contributed by atoms with Crippen molar-refractivity contribution in [1.29, 1.82) is 5.41 Å². The molecule has 282 valence electrons. The summed E-state index contributed by atoms with van der Waals surface area (Å²) in [5.74, 6) is -4.10. The maximum Gasteiger partial charge on any atom is 0.433 e. The van der Waals surface area contributed by atoms with Gasteiger partial charge in [-0.15, -0.1) is 0 Å². The highest BCUT2D eigenvalue weighted by molar-refractivity contribution is 6.04. The first-order chi connectivity index (χ1) is 25.3. The number of hydrogen-bond acceptors (Lipinski definition) is 6. The Morgan fingerprint density at radius 2 is 1.76 bits per heavy atom. The molecule has 2 amide bonds. The molecule has 0 unspecified atom stereocenters. The number of hydrogen-bond donors (Lipinski definition) is 5. The molecule has 0 bridgehead atoms. The van der Waals surface area contributed by atoms with Gasteiger partial charge in [-0.1, -0.05) is 18.1 Å². The Hall–Kier alpha value is -5.23. The normalized spacial score (nSPS) is 21.0. The zero-order valence-corrected chi connectivity index (χ0v) is 29.0. The minimum atomic E-state index is -5.20. The first kappa shape index (κ1) is 37.1. The minimum absolute atomic E-state index is 0.0319. The third-order valence-corrected chi connectivity index (χ3v) is 10.3. The quantitative estimate of drug-likeness (QED) is 0.0985. The predicted octanol–water partition coefficient (Wildman–Crippen LogP) is 6.38. The number of aromatic nitrogens is 1. The molecule has 5 N–H and O–H groups in total. The number of halogens is 7. The molecule has 2 aromatic carbocycles. The third-order valence-electron chi connectivity index (χ3n) is 10.3. The lowest BCUT2D eigenvalue weighted by Crippen LogP contribution is -2.42. The topological polar surface area (TPSA) is 127 Å². The second kappa shape index (κ2) is 13.0. The van der Waals surface area contributed by atoms with Gasteiger partial charge in [-0.05, 0) is 105 Å². The minimum Gasteiger partial charge on any atom is -0.378 e. The van der Waals surface area contributed by atoms with Gasteiger partial charge in [-0.3, -0.25) is 15.0 Å². The van der Waals surface area contributed by atoms with Crippen LogP contribution in [0.15, 0.2) is 59.8 Å². The van der Waals surface area contributed by atoms with Gasteiger partial charge in [-0.25, -0.2) is 13.8 Å². The highest BCUT2D eigenvalue weighted by Gasteiger charge is 2.62. The molecule has 1 aromatic heterocycles. The van der Waals surface area contributed by atoms with Crippen LogP contribution in [-0.4, -0.2) is 51.9 Å². The number of benzene rings is 2. The van der Waals surface area contributed by atoms with Crippen LogP contribution in [-0.2, 0) is 16.8 Å². The standard InChI is InChI=1S/C39H34F7N5O3/c1-36(2,54)10-9-23-4-5-24(20-3-7-27-26(16-20)35(53)51-37(27)11-12-37)32(49-23)29(15-19-13-21(40)17-22(41)14-19)50-30(52)18-48-34-31(33(47)39(44,45)46)25-6-8-28(25)38(34,42)43/h3-5,7,13-14,16-17,25,28-29,47-48,54H,6,8,11-12,15,18H2,1-2H3,(H,50,52)(H,51,53)/t25-,28+,29-/m0/s1. The molecule has 54 heavy (non-hydrogen) atoms. The van der Waals surface area contributed by atoms with Gasteiger partial charge in [0.05, 0.1) is 29.5 Å². The van der Waals surface area contributed by atoms with E-state index in [2.05, 4.69) is 32.8 Å². The number of amides is 2. The Bertz CT molecular complexity index is 2170. The SMILES string of the molecule is CC(C)(O)C#Cc1ccc(-c2ccc3c(c2)C(=O)NC32CC2)c([C@H](Cc2cc(F)cc(F)c2)NC(=O)CNC2=C(C(=N)C(F)(F)F)[C@H]3CC[C@H]3C2(F)F)n1. The molecule has 3 aromatic rings. The van der Waals surface area contributed by atoms with Crippen LogP contribution in [0.25, 0.3) is 11.1 Å². The van der Waals surface area contributed by atoms with Crippen LogP contribution in [0.1, 0.15) is 78.4 Å². The smallest absolute Gasteiger partial charge is 0.378 e. The summed E-state index contributed by atoms with van der Waals surface area (Å²) in [6.07, 6.45) is -3.96. The number of nitrogens with one attached hydrogen (secondary N) is 4. The molecule has 0 saturated heterocycles. The summed E-state index contributed by atoms with van der Waals surface area (Å²) < 4.78 is 100. The van der Waals surface area contributed by atoms with Gasteiger partial charge in [-0.2, -0.15) is 22.0 Å². The Morgan fingerprint density at radius 3 is 2.37 bits per heavy atom. The van der Waals surface area contributed by atoms with E-state index in [-0.39, 0.29) is 42.1 Å². The average Bonchev–Trinajstić information content (AvgIpc) is 3.74. The summed E-state index contributed by atoms with van der Waals surface area (Å²) in [5.41, 5.74) is -3.37. The number of fused-ring (bicyclic) bond motifs is 3. The molecule has 15 heteroatoms. The summed E-state index contributed by atoms with van der Waals surface area (Å²) in [6, 6.07) is 9.82. The number of nitrogens with zero attached hydrogens (tertiary/aromatic N) is 1. The van der Waals surface area contributed by atoms with E-state index in [1.807, 2.05) is 0 Å². The highest BCUT2D eigenvalue weighted by atomic mass is 19.4.